The molecule has 1 aliphatic heterocycles. The Bertz CT molecular complexity index is 735. The predicted octanol–water partition coefficient (Wildman–Crippen LogP) is 4.21. The molecule has 0 unspecified atom stereocenters. The molecule has 1 saturated heterocycles. The van der Waals surface area contributed by atoms with Gasteiger partial charge in [-0.2, -0.15) is 0 Å². The first-order valence-corrected chi connectivity index (χ1v) is 9.74. The molecule has 0 bridgehead atoms. The molecule has 27 heavy (non-hydrogen) atoms. The average molecular weight is 367 g/mol. The fraction of sp³-hybridized carbons (Fsp3) is 0.435. The van der Waals surface area contributed by atoms with Crippen molar-refractivity contribution < 1.29 is 9.53 Å². The molecule has 0 aromatic heterocycles. The fourth-order valence-electron chi connectivity index (χ4n) is 3.41. The molecule has 1 heterocycles. The van der Waals surface area contributed by atoms with Crippen molar-refractivity contribution in [2.75, 3.05) is 26.2 Å². The topological polar surface area (TPSA) is 32.8 Å². The molecule has 1 fully saturated rings. The fourth-order valence-corrected chi connectivity index (χ4v) is 3.41. The van der Waals surface area contributed by atoms with Crippen LogP contribution in [0.2, 0.25) is 0 Å². The summed E-state index contributed by atoms with van der Waals surface area (Å²) in [6.45, 7) is 10.8. The van der Waals surface area contributed by atoms with E-state index in [9.17, 15) is 4.79 Å². The van der Waals surface area contributed by atoms with Crippen LogP contribution in [0.4, 0.5) is 0 Å². The van der Waals surface area contributed by atoms with Gasteiger partial charge >= 0.3 is 0 Å². The van der Waals surface area contributed by atoms with Crippen molar-refractivity contribution in [1.82, 2.24) is 9.80 Å². The maximum absolute atomic E-state index is 12.9. The molecule has 0 atom stereocenters. The summed E-state index contributed by atoms with van der Waals surface area (Å²) < 4.78 is 5.81. The van der Waals surface area contributed by atoms with Crippen molar-refractivity contribution in [2.45, 2.75) is 39.3 Å². The average Bonchev–Trinajstić information content (AvgIpc) is 2.93. The molecule has 2 aromatic carbocycles. The second-order valence-corrected chi connectivity index (χ2v) is 8.10. The van der Waals surface area contributed by atoms with Crippen molar-refractivity contribution in [3.05, 3.63) is 65.7 Å². The number of amides is 1. The lowest BCUT2D eigenvalue weighted by atomic mass is 10.1. The largest absolute Gasteiger partial charge is 0.489 e. The van der Waals surface area contributed by atoms with Gasteiger partial charge in [0.25, 0.3) is 5.91 Å². The van der Waals surface area contributed by atoms with Crippen molar-refractivity contribution in [1.29, 1.82) is 0 Å². The molecule has 4 heteroatoms. The van der Waals surface area contributed by atoms with E-state index in [1.807, 2.05) is 59.5 Å². The Morgan fingerprint density at radius 3 is 2.30 bits per heavy atom. The third kappa shape index (κ3) is 5.33. The number of rotatable bonds is 4. The monoisotopic (exact) mass is 366 g/mol. The lowest BCUT2D eigenvalue weighted by Gasteiger charge is -2.34. The highest BCUT2D eigenvalue weighted by Gasteiger charge is 2.26. The lowest BCUT2D eigenvalue weighted by molar-refractivity contribution is 0.0749. The molecular weight excluding hydrogens is 336 g/mol. The molecule has 0 radical (unpaired) electrons. The highest BCUT2D eigenvalue weighted by atomic mass is 16.5. The Kier molecular flexibility index (Phi) is 6.17. The number of carbonyl (C=O) groups is 1. The number of nitrogens with zero attached hydrogens (tertiary/aromatic N) is 2. The Morgan fingerprint density at radius 2 is 1.63 bits per heavy atom. The highest BCUT2D eigenvalue weighted by Crippen LogP contribution is 2.19. The summed E-state index contributed by atoms with van der Waals surface area (Å²) in [4.78, 5) is 17.3. The summed E-state index contributed by atoms with van der Waals surface area (Å²) >= 11 is 0. The third-order valence-electron chi connectivity index (χ3n) is 5.08. The van der Waals surface area contributed by atoms with E-state index >= 15 is 0 Å². The van der Waals surface area contributed by atoms with E-state index in [4.69, 9.17) is 4.74 Å². The molecule has 1 aliphatic rings. The van der Waals surface area contributed by atoms with Gasteiger partial charge in [0.05, 0.1) is 0 Å². The Balaban J connectivity index is 1.57. The minimum absolute atomic E-state index is 0.111. The van der Waals surface area contributed by atoms with Crippen molar-refractivity contribution in [3.8, 4) is 5.75 Å². The van der Waals surface area contributed by atoms with E-state index in [1.54, 1.807) is 0 Å². The van der Waals surface area contributed by atoms with E-state index in [0.29, 0.717) is 6.61 Å². The van der Waals surface area contributed by atoms with E-state index in [2.05, 4.69) is 25.7 Å². The normalized spacial score (nSPS) is 16.0. The summed E-state index contributed by atoms with van der Waals surface area (Å²) in [7, 11) is 0. The van der Waals surface area contributed by atoms with Gasteiger partial charge in [-0.3, -0.25) is 9.69 Å². The van der Waals surface area contributed by atoms with E-state index in [-0.39, 0.29) is 11.4 Å². The van der Waals surface area contributed by atoms with Gasteiger partial charge in [0.2, 0.25) is 0 Å². The predicted molar refractivity (Wildman–Crippen MR) is 109 cm³/mol. The second kappa shape index (κ2) is 8.57. The SMILES string of the molecule is CC(C)(C)N1CCCN(C(=O)c2ccc(OCc3ccccc3)cc2)CC1. The van der Waals surface area contributed by atoms with Crippen LogP contribution in [-0.4, -0.2) is 47.4 Å². The van der Waals surface area contributed by atoms with Gasteiger partial charge in [-0.15, -0.1) is 0 Å². The maximum Gasteiger partial charge on any atom is 0.253 e. The van der Waals surface area contributed by atoms with Gasteiger partial charge in [-0.1, -0.05) is 30.3 Å². The Hall–Kier alpha value is -2.33. The number of carbonyl (C=O) groups excluding carboxylic acids is 1. The third-order valence-corrected chi connectivity index (χ3v) is 5.08. The first kappa shape index (κ1) is 19.4. The zero-order valence-electron chi connectivity index (χ0n) is 16.6. The van der Waals surface area contributed by atoms with Crippen LogP contribution in [0, 0.1) is 0 Å². The van der Waals surface area contributed by atoms with E-state index in [1.165, 1.54) is 0 Å². The van der Waals surface area contributed by atoms with Crippen LogP contribution in [0.15, 0.2) is 54.6 Å². The molecule has 0 aliphatic carbocycles. The second-order valence-electron chi connectivity index (χ2n) is 8.10. The molecule has 4 nitrogen and oxygen atoms in total. The molecule has 0 spiro atoms. The van der Waals surface area contributed by atoms with Gasteiger partial charge < -0.3 is 9.64 Å². The molecular formula is C23H30N2O2. The first-order valence-electron chi connectivity index (χ1n) is 9.74. The number of hydrogen-bond acceptors (Lipinski definition) is 3. The quantitative estimate of drug-likeness (QED) is 0.812. The summed E-state index contributed by atoms with van der Waals surface area (Å²) in [6, 6.07) is 17.6. The van der Waals surface area contributed by atoms with Gasteiger partial charge in [0.15, 0.2) is 0 Å². The van der Waals surface area contributed by atoms with Crippen LogP contribution in [0.25, 0.3) is 0 Å². The minimum atomic E-state index is 0.111. The lowest BCUT2D eigenvalue weighted by Crippen LogP contribution is -2.44. The minimum Gasteiger partial charge on any atom is -0.489 e. The standard InChI is InChI=1S/C23H30N2O2/c1-23(2,3)25-15-7-14-24(16-17-25)22(26)20-10-12-21(13-11-20)27-18-19-8-5-4-6-9-19/h4-6,8-13H,7,14-18H2,1-3H3. The molecule has 1 amide bonds. The van der Waals surface area contributed by atoms with Crippen LogP contribution in [-0.2, 0) is 6.61 Å². The smallest absolute Gasteiger partial charge is 0.253 e. The summed E-state index contributed by atoms with van der Waals surface area (Å²) in [5, 5.41) is 0. The highest BCUT2D eigenvalue weighted by molar-refractivity contribution is 5.94. The Labute approximate surface area is 162 Å². The van der Waals surface area contributed by atoms with Crippen molar-refractivity contribution in [3.63, 3.8) is 0 Å². The molecule has 0 saturated carbocycles. The first-order chi connectivity index (χ1) is 12.9. The number of hydrogen-bond donors (Lipinski definition) is 0. The van der Waals surface area contributed by atoms with E-state index < -0.39 is 0 Å². The van der Waals surface area contributed by atoms with Gasteiger partial charge in [-0.05, 0) is 57.0 Å². The van der Waals surface area contributed by atoms with Crippen LogP contribution in [0.3, 0.4) is 0 Å². The molecule has 2 aromatic rings. The van der Waals surface area contributed by atoms with Gasteiger partial charge in [0.1, 0.15) is 12.4 Å². The van der Waals surface area contributed by atoms with Crippen LogP contribution in [0.5, 0.6) is 5.75 Å². The molecule has 144 valence electrons. The van der Waals surface area contributed by atoms with E-state index in [0.717, 1.165) is 49.5 Å². The zero-order valence-corrected chi connectivity index (χ0v) is 16.6. The van der Waals surface area contributed by atoms with Crippen molar-refractivity contribution >= 4 is 5.91 Å². The summed E-state index contributed by atoms with van der Waals surface area (Å²) in [6.07, 6.45) is 1.02. The Morgan fingerprint density at radius 1 is 0.926 bits per heavy atom. The number of benzene rings is 2. The van der Waals surface area contributed by atoms with Gasteiger partial charge in [-0.25, -0.2) is 0 Å². The number of ether oxygens (including phenoxy) is 1. The summed E-state index contributed by atoms with van der Waals surface area (Å²) in [5.41, 5.74) is 2.01. The molecule has 0 N–H and O–H groups in total. The maximum atomic E-state index is 12.9. The van der Waals surface area contributed by atoms with Crippen LogP contribution < -0.4 is 4.74 Å². The summed E-state index contributed by atoms with van der Waals surface area (Å²) in [5.74, 6) is 0.894. The zero-order chi connectivity index (χ0) is 19.3. The van der Waals surface area contributed by atoms with Crippen LogP contribution in [0.1, 0.15) is 43.1 Å². The molecule has 3 rings (SSSR count). The van der Waals surface area contributed by atoms with Crippen LogP contribution >= 0.6 is 0 Å². The van der Waals surface area contributed by atoms with Gasteiger partial charge in [0, 0.05) is 37.3 Å². The van der Waals surface area contributed by atoms with Crippen molar-refractivity contribution in [2.24, 2.45) is 0 Å².